The molecule has 0 spiro atoms. The van der Waals surface area contributed by atoms with Gasteiger partial charge in [-0.15, -0.1) is 4.40 Å². The van der Waals surface area contributed by atoms with Gasteiger partial charge in [0.25, 0.3) is 0 Å². The standard InChI is InChI=1S/C25H28FN5O4S/c1-5-8-22(31-36(33,34)27-3)23(26)16(2)24(32)19-9-6-7-10-21-20(19)12-17(13-28-21)11-18-14-29-25(35-4)30-15-18/h5,8-9,12-15,27H,6-7,10-11H2,1-4H3/b8-5-,23-16?,31-22?. The van der Waals surface area contributed by atoms with Crippen LogP contribution >= 0.6 is 0 Å². The van der Waals surface area contributed by atoms with Gasteiger partial charge in [-0.2, -0.15) is 13.1 Å². The number of ether oxygens (including phenoxy) is 1. The minimum Gasteiger partial charge on any atom is -0.467 e. The average Bonchev–Trinajstić information content (AvgIpc) is 3.09. The fraction of sp³-hybridized carbons (Fsp3) is 0.320. The number of methoxy groups -OCH3 is 1. The highest BCUT2D eigenvalue weighted by molar-refractivity contribution is 7.88. The second-order valence-corrected chi connectivity index (χ2v) is 9.57. The molecule has 36 heavy (non-hydrogen) atoms. The fourth-order valence-electron chi connectivity index (χ4n) is 3.65. The van der Waals surface area contributed by atoms with Gasteiger partial charge in [-0.3, -0.25) is 9.78 Å². The summed E-state index contributed by atoms with van der Waals surface area (Å²) >= 11 is 0. The Balaban J connectivity index is 2.00. The molecule has 0 radical (unpaired) electrons. The van der Waals surface area contributed by atoms with Crippen LogP contribution in [0.2, 0.25) is 0 Å². The maximum atomic E-state index is 15.3. The molecule has 2 heterocycles. The number of Topliss-reactive ketones (excluding diaryl/α,β-unsaturated/α-hetero) is 1. The molecule has 2 aromatic rings. The summed E-state index contributed by atoms with van der Waals surface area (Å²) in [6.45, 7) is 2.91. The summed E-state index contributed by atoms with van der Waals surface area (Å²) in [5, 5.41) is 0. The number of hydrogen-bond donors (Lipinski definition) is 1. The molecule has 0 amide bonds. The van der Waals surface area contributed by atoms with E-state index in [0.717, 1.165) is 23.2 Å². The summed E-state index contributed by atoms with van der Waals surface area (Å²) in [5.41, 5.74) is 2.67. The highest BCUT2D eigenvalue weighted by Crippen LogP contribution is 2.30. The molecule has 0 atom stereocenters. The molecule has 0 saturated heterocycles. The predicted molar refractivity (Wildman–Crippen MR) is 136 cm³/mol. The first-order chi connectivity index (χ1) is 17.2. The van der Waals surface area contributed by atoms with Gasteiger partial charge in [0.2, 0.25) is 0 Å². The molecule has 0 fully saturated rings. The lowest BCUT2D eigenvalue weighted by Gasteiger charge is -2.13. The number of pyridine rings is 1. The third-order valence-electron chi connectivity index (χ3n) is 5.50. The quantitative estimate of drug-likeness (QED) is 0.402. The number of fused-ring (bicyclic) bond motifs is 1. The van der Waals surface area contributed by atoms with Crippen LogP contribution in [0, 0.1) is 0 Å². The Kier molecular flexibility index (Phi) is 8.94. The van der Waals surface area contributed by atoms with Crippen LogP contribution in [0.5, 0.6) is 6.01 Å². The van der Waals surface area contributed by atoms with E-state index >= 15 is 4.39 Å². The molecule has 1 aliphatic carbocycles. The molecule has 9 nitrogen and oxygen atoms in total. The van der Waals surface area contributed by atoms with Crippen LogP contribution in [-0.2, 0) is 27.8 Å². The first kappa shape index (κ1) is 27.0. The number of nitrogens with zero attached hydrogens (tertiary/aromatic N) is 4. The monoisotopic (exact) mass is 513 g/mol. The van der Waals surface area contributed by atoms with Gasteiger partial charge in [0, 0.05) is 54.5 Å². The molecule has 0 unspecified atom stereocenters. The van der Waals surface area contributed by atoms with Crippen molar-refractivity contribution in [2.75, 3.05) is 14.2 Å². The van der Waals surface area contributed by atoms with E-state index in [9.17, 15) is 13.2 Å². The number of hydrogen-bond acceptors (Lipinski definition) is 7. The minimum absolute atomic E-state index is 0.244. The zero-order valence-corrected chi connectivity index (χ0v) is 21.4. The first-order valence-corrected chi connectivity index (χ1v) is 12.7. The molecule has 0 saturated carbocycles. The zero-order valence-electron chi connectivity index (χ0n) is 20.6. The van der Waals surface area contributed by atoms with Gasteiger partial charge in [0.15, 0.2) is 11.6 Å². The molecule has 0 bridgehead atoms. The summed E-state index contributed by atoms with van der Waals surface area (Å²) in [4.78, 5) is 26.3. The molecule has 0 aromatic carbocycles. The smallest absolute Gasteiger partial charge is 0.320 e. The molecule has 0 aliphatic heterocycles. The van der Waals surface area contributed by atoms with Gasteiger partial charge >= 0.3 is 16.2 Å². The van der Waals surface area contributed by atoms with Crippen molar-refractivity contribution >= 4 is 27.3 Å². The molecule has 1 aliphatic rings. The van der Waals surface area contributed by atoms with E-state index in [2.05, 4.69) is 19.3 Å². The largest absolute Gasteiger partial charge is 0.467 e. The van der Waals surface area contributed by atoms with E-state index in [0.29, 0.717) is 30.4 Å². The molecule has 3 rings (SSSR count). The lowest BCUT2D eigenvalue weighted by molar-refractivity contribution is -0.110. The van der Waals surface area contributed by atoms with Crippen LogP contribution in [0.15, 0.2) is 58.7 Å². The van der Waals surface area contributed by atoms with Crippen LogP contribution in [0.3, 0.4) is 0 Å². The van der Waals surface area contributed by atoms with Gasteiger partial charge in [-0.05, 0) is 56.4 Å². The minimum atomic E-state index is -4.11. The third kappa shape index (κ3) is 6.55. The van der Waals surface area contributed by atoms with Gasteiger partial charge in [0.05, 0.1) is 7.11 Å². The van der Waals surface area contributed by atoms with E-state index in [1.54, 1.807) is 31.6 Å². The molecule has 1 N–H and O–H groups in total. The number of ketones is 1. The third-order valence-corrected chi connectivity index (χ3v) is 6.45. The summed E-state index contributed by atoms with van der Waals surface area (Å²) in [7, 11) is -1.45. The summed E-state index contributed by atoms with van der Waals surface area (Å²) in [6, 6.07) is 2.14. The van der Waals surface area contributed by atoms with Crippen LogP contribution in [0.1, 0.15) is 49.1 Å². The predicted octanol–water partition coefficient (Wildman–Crippen LogP) is 3.48. The van der Waals surface area contributed by atoms with E-state index in [-0.39, 0.29) is 11.6 Å². The second-order valence-electron chi connectivity index (χ2n) is 8.03. The van der Waals surface area contributed by atoms with Crippen LogP contribution in [-0.4, -0.2) is 49.0 Å². The van der Waals surface area contributed by atoms with Gasteiger partial charge < -0.3 is 4.74 Å². The molecule has 190 valence electrons. The number of halogens is 1. The summed E-state index contributed by atoms with van der Waals surface area (Å²) in [6.07, 6.45) is 12.1. The first-order valence-electron chi connectivity index (χ1n) is 11.3. The van der Waals surface area contributed by atoms with Crippen molar-refractivity contribution in [2.45, 2.75) is 39.5 Å². The molecule has 11 heteroatoms. The number of allylic oxidation sites excluding steroid dienone is 6. The SMILES string of the molecule is C/C=C\C(=NS(=O)(=O)NC)C(F)=C(C)C(=O)C1=CCCCc2ncc(Cc3cnc(OC)nc3)cc21. The Hall–Kier alpha value is -3.57. The topological polar surface area (TPSA) is 124 Å². The van der Waals surface area contributed by atoms with E-state index in [1.807, 2.05) is 10.8 Å². The Labute approximate surface area is 210 Å². The lowest BCUT2D eigenvalue weighted by Crippen LogP contribution is -2.18. The van der Waals surface area contributed by atoms with Crippen LogP contribution < -0.4 is 9.46 Å². The Morgan fingerprint density at radius 1 is 1.22 bits per heavy atom. The number of nitrogens with one attached hydrogen (secondary N) is 1. The highest BCUT2D eigenvalue weighted by atomic mass is 32.2. The average molecular weight is 514 g/mol. The summed E-state index contributed by atoms with van der Waals surface area (Å²) in [5.74, 6) is -1.57. The number of aromatic nitrogens is 3. The second kappa shape index (κ2) is 11.9. The lowest BCUT2D eigenvalue weighted by atomic mass is 9.93. The number of carbonyl (C=O) groups excluding carboxylic acids is 1. The number of carbonyl (C=O) groups is 1. The van der Waals surface area contributed by atoms with Gasteiger partial charge in [-0.1, -0.05) is 12.2 Å². The van der Waals surface area contributed by atoms with Gasteiger partial charge in [0.1, 0.15) is 5.71 Å². The maximum absolute atomic E-state index is 15.3. The Morgan fingerprint density at radius 2 is 1.92 bits per heavy atom. The number of aryl methyl sites for hydroxylation is 1. The Morgan fingerprint density at radius 3 is 2.56 bits per heavy atom. The summed E-state index contributed by atoms with van der Waals surface area (Å²) < 4.78 is 49.5. The highest BCUT2D eigenvalue weighted by Gasteiger charge is 2.24. The van der Waals surface area contributed by atoms with E-state index in [4.69, 9.17) is 4.74 Å². The van der Waals surface area contributed by atoms with Crippen molar-refractivity contribution in [3.05, 3.63) is 76.7 Å². The Bertz CT molecular complexity index is 1360. The van der Waals surface area contributed by atoms with E-state index < -0.39 is 27.5 Å². The van der Waals surface area contributed by atoms with Crippen molar-refractivity contribution in [3.63, 3.8) is 0 Å². The zero-order chi connectivity index (χ0) is 26.3. The van der Waals surface area contributed by atoms with Crippen LogP contribution in [0.25, 0.3) is 5.57 Å². The molecule has 2 aromatic heterocycles. The molecular formula is C25H28FN5O4S. The van der Waals surface area contributed by atoms with Crippen LogP contribution in [0.4, 0.5) is 4.39 Å². The molecular weight excluding hydrogens is 485 g/mol. The number of rotatable bonds is 9. The maximum Gasteiger partial charge on any atom is 0.320 e. The van der Waals surface area contributed by atoms with Crippen molar-refractivity contribution in [1.82, 2.24) is 19.7 Å². The van der Waals surface area contributed by atoms with Crippen molar-refractivity contribution in [3.8, 4) is 6.01 Å². The van der Waals surface area contributed by atoms with E-state index in [1.165, 1.54) is 33.2 Å². The normalized spacial score (nSPS) is 15.1. The van der Waals surface area contributed by atoms with Gasteiger partial charge in [-0.25, -0.2) is 14.4 Å². The van der Waals surface area contributed by atoms with Crippen molar-refractivity contribution in [2.24, 2.45) is 4.40 Å². The van der Waals surface area contributed by atoms with Crippen molar-refractivity contribution in [1.29, 1.82) is 0 Å². The fourth-order valence-corrected chi connectivity index (χ4v) is 4.14. The van der Waals surface area contributed by atoms with Crippen molar-refractivity contribution < 1.29 is 22.3 Å².